The fraction of sp³-hybridized carbons (Fsp3) is 0.474. The molecule has 2 aromatic rings. The van der Waals surface area contributed by atoms with Gasteiger partial charge >= 0.3 is 5.97 Å². The molecule has 1 aromatic heterocycles. The maximum Gasteiger partial charge on any atom is 0.338 e. The van der Waals surface area contributed by atoms with Crippen LogP contribution in [0.1, 0.15) is 42.6 Å². The van der Waals surface area contributed by atoms with Crippen LogP contribution in [0.3, 0.4) is 0 Å². The van der Waals surface area contributed by atoms with Crippen molar-refractivity contribution in [3.8, 4) is 0 Å². The summed E-state index contributed by atoms with van der Waals surface area (Å²) >= 11 is 0. The molecule has 0 aliphatic carbocycles. The Hall–Kier alpha value is -2.18. The number of nitrogens with zero attached hydrogens (tertiary/aromatic N) is 2. The molecule has 0 saturated heterocycles. The number of carbonyl (C=O) groups is 1. The van der Waals surface area contributed by atoms with Gasteiger partial charge in [-0.3, -0.25) is 0 Å². The second-order valence-electron chi connectivity index (χ2n) is 6.28. The van der Waals surface area contributed by atoms with Gasteiger partial charge in [0.1, 0.15) is 0 Å². The van der Waals surface area contributed by atoms with E-state index in [0.29, 0.717) is 12.2 Å². The number of ether oxygens (including phenoxy) is 1. The molecule has 1 aromatic carbocycles. The summed E-state index contributed by atoms with van der Waals surface area (Å²) in [4.78, 5) is 15.9. The summed E-state index contributed by atoms with van der Waals surface area (Å²) < 4.78 is 7.15. The highest BCUT2D eigenvalue weighted by Gasteiger charge is 2.25. The van der Waals surface area contributed by atoms with Crippen LogP contribution >= 0.6 is 0 Å². The van der Waals surface area contributed by atoms with Gasteiger partial charge in [-0.15, -0.1) is 0 Å². The number of imidazole rings is 1. The van der Waals surface area contributed by atoms with E-state index in [1.165, 1.54) is 0 Å². The number of rotatable bonds is 10. The molecule has 0 saturated carbocycles. The topological polar surface area (TPSA) is 76.4 Å². The van der Waals surface area contributed by atoms with Crippen molar-refractivity contribution in [2.75, 3.05) is 19.8 Å². The molecule has 0 bridgehead atoms. The van der Waals surface area contributed by atoms with Crippen LogP contribution in [0.4, 0.5) is 0 Å². The normalized spacial score (nSPS) is 13.4. The number of benzene rings is 1. The first-order valence-electron chi connectivity index (χ1n) is 8.68. The van der Waals surface area contributed by atoms with Crippen LogP contribution in [-0.4, -0.2) is 40.4 Å². The van der Waals surface area contributed by atoms with Crippen molar-refractivity contribution in [3.63, 3.8) is 0 Å². The summed E-state index contributed by atoms with van der Waals surface area (Å²) in [6.07, 6.45) is 7.21. The Labute approximate surface area is 148 Å². The number of nitrogens with one attached hydrogen (secondary N) is 1. The number of hydrogen-bond donors (Lipinski definition) is 2. The van der Waals surface area contributed by atoms with E-state index in [1.54, 1.807) is 24.7 Å². The number of aromatic nitrogens is 2. The molecule has 6 nitrogen and oxygen atoms in total. The molecule has 0 aliphatic heterocycles. The van der Waals surface area contributed by atoms with E-state index < -0.39 is 5.54 Å². The third kappa shape index (κ3) is 5.41. The second-order valence-corrected chi connectivity index (χ2v) is 6.28. The van der Waals surface area contributed by atoms with Gasteiger partial charge in [-0.2, -0.15) is 0 Å². The average molecular weight is 345 g/mol. The lowest BCUT2D eigenvalue weighted by Gasteiger charge is -2.29. The zero-order chi connectivity index (χ0) is 18.1. The summed E-state index contributed by atoms with van der Waals surface area (Å²) in [5.41, 5.74) is 0.906. The summed E-state index contributed by atoms with van der Waals surface area (Å²) in [7, 11) is 0. The average Bonchev–Trinajstić information content (AvgIpc) is 3.16. The minimum atomic E-state index is -0.555. The summed E-state index contributed by atoms with van der Waals surface area (Å²) in [6.45, 7) is 5.94. The molecule has 2 rings (SSSR count). The molecule has 6 heteroatoms. The second kappa shape index (κ2) is 9.34. The molecule has 0 radical (unpaired) electrons. The van der Waals surface area contributed by atoms with Crippen molar-refractivity contribution in [2.45, 2.75) is 38.8 Å². The first kappa shape index (κ1) is 19.1. The predicted molar refractivity (Wildman–Crippen MR) is 96.3 cm³/mol. The maximum atomic E-state index is 11.9. The van der Waals surface area contributed by atoms with Crippen LogP contribution in [0.25, 0.3) is 0 Å². The van der Waals surface area contributed by atoms with E-state index in [2.05, 4.69) is 10.3 Å². The number of carbonyl (C=O) groups excluding carboxylic acids is 1. The zero-order valence-electron chi connectivity index (χ0n) is 14.9. The highest BCUT2D eigenvalue weighted by molar-refractivity contribution is 5.89. The minimum absolute atomic E-state index is 0.0301. The Bertz CT molecular complexity index is 640. The lowest BCUT2D eigenvalue weighted by Crippen LogP contribution is -2.43. The monoisotopic (exact) mass is 345 g/mol. The molecule has 2 N–H and O–H groups in total. The highest BCUT2D eigenvalue weighted by atomic mass is 16.5. The van der Waals surface area contributed by atoms with Crippen LogP contribution in [-0.2, 0) is 16.8 Å². The third-order valence-electron chi connectivity index (χ3n) is 4.18. The third-order valence-corrected chi connectivity index (χ3v) is 4.18. The summed E-state index contributed by atoms with van der Waals surface area (Å²) in [6, 6.07) is 7.21. The van der Waals surface area contributed by atoms with E-state index in [4.69, 9.17) is 4.74 Å². The molecular weight excluding hydrogens is 318 g/mol. The van der Waals surface area contributed by atoms with Gasteiger partial charge in [-0.25, -0.2) is 9.78 Å². The molecule has 0 spiro atoms. The van der Waals surface area contributed by atoms with E-state index in [1.807, 2.05) is 36.7 Å². The van der Waals surface area contributed by atoms with Crippen LogP contribution in [0.2, 0.25) is 0 Å². The molecule has 1 heterocycles. The molecular formula is C19H27N3O3. The van der Waals surface area contributed by atoms with Gasteiger partial charge in [0.2, 0.25) is 0 Å². The molecule has 1 atom stereocenters. The fourth-order valence-electron chi connectivity index (χ4n) is 2.55. The van der Waals surface area contributed by atoms with E-state index in [9.17, 15) is 9.90 Å². The number of hydrogen-bond acceptors (Lipinski definition) is 5. The number of aliphatic hydroxyl groups excluding tert-OH is 1. The fourth-order valence-corrected chi connectivity index (χ4v) is 2.55. The number of aryl methyl sites for hydroxylation is 1. The van der Waals surface area contributed by atoms with Crippen LogP contribution in [0.15, 0.2) is 43.0 Å². The van der Waals surface area contributed by atoms with Crippen molar-refractivity contribution < 1.29 is 14.6 Å². The standard InChI is InChI=1S/C19H27N3O3/c1-3-13-25-18(24)16-5-7-17(8-6-16)19(2,14-23)21-9-4-11-22-12-10-20-15-22/h5-8,10,12,15,21,23H,3-4,9,11,13-14H2,1-2H3. The van der Waals surface area contributed by atoms with Gasteiger partial charge in [0.05, 0.1) is 30.6 Å². The molecule has 0 fully saturated rings. The molecule has 1 unspecified atom stereocenters. The van der Waals surface area contributed by atoms with Gasteiger partial charge in [0.15, 0.2) is 0 Å². The molecule has 25 heavy (non-hydrogen) atoms. The Morgan fingerprint density at radius 2 is 2.12 bits per heavy atom. The lowest BCUT2D eigenvalue weighted by atomic mass is 9.92. The van der Waals surface area contributed by atoms with Gasteiger partial charge in [0, 0.05) is 18.9 Å². The first-order valence-corrected chi connectivity index (χ1v) is 8.68. The first-order chi connectivity index (χ1) is 12.1. The Morgan fingerprint density at radius 1 is 1.36 bits per heavy atom. The largest absolute Gasteiger partial charge is 0.462 e. The molecule has 136 valence electrons. The van der Waals surface area contributed by atoms with Crippen molar-refractivity contribution in [1.29, 1.82) is 0 Å². The predicted octanol–water partition coefficient (Wildman–Crippen LogP) is 2.34. The number of aliphatic hydroxyl groups is 1. The molecule has 0 amide bonds. The Morgan fingerprint density at radius 3 is 2.72 bits per heavy atom. The van der Waals surface area contributed by atoms with E-state index in [-0.39, 0.29) is 12.6 Å². The van der Waals surface area contributed by atoms with Crippen molar-refractivity contribution in [1.82, 2.24) is 14.9 Å². The van der Waals surface area contributed by atoms with Crippen LogP contribution < -0.4 is 5.32 Å². The van der Waals surface area contributed by atoms with Crippen molar-refractivity contribution >= 4 is 5.97 Å². The van der Waals surface area contributed by atoms with Crippen LogP contribution in [0.5, 0.6) is 0 Å². The lowest BCUT2D eigenvalue weighted by molar-refractivity contribution is 0.0505. The summed E-state index contributed by atoms with van der Waals surface area (Å²) in [5.74, 6) is -0.313. The zero-order valence-corrected chi connectivity index (χ0v) is 14.9. The van der Waals surface area contributed by atoms with Gasteiger partial charge < -0.3 is 19.7 Å². The Balaban J connectivity index is 1.92. The van der Waals surface area contributed by atoms with E-state index in [0.717, 1.165) is 31.5 Å². The smallest absolute Gasteiger partial charge is 0.338 e. The summed E-state index contributed by atoms with van der Waals surface area (Å²) in [5, 5.41) is 13.3. The SMILES string of the molecule is CCCOC(=O)c1ccc(C(C)(CO)NCCCn2ccnc2)cc1. The van der Waals surface area contributed by atoms with Crippen LogP contribution in [0, 0.1) is 0 Å². The van der Waals surface area contributed by atoms with Gasteiger partial charge in [0.25, 0.3) is 0 Å². The minimum Gasteiger partial charge on any atom is -0.462 e. The quantitative estimate of drug-likeness (QED) is 0.511. The van der Waals surface area contributed by atoms with Crippen molar-refractivity contribution in [3.05, 3.63) is 54.1 Å². The molecule has 0 aliphatic rings. The maximum absolute atomic E-state index is 11.9. The van der Waals surface area contributed by atoms with Crippen molar-refractivity contribution in [2.24, 2.45) is 0 Å². The highest BCUT2D eigenvalue weighted by Crippen LogP contribution is 2.21. The van der Waals surface area contributed by atoms with Gasteiger partial charge in [-0.1, -0.05) is 19.1 Å². The Kier molecular flexibility index (Phi) is 7.16. The number of esters is 1. The van der Waals surface area contributed by atoms with E-state index >= 15 is 0 Å². The van der Waals surface area contributed by atoms with Gasteiger partial charge in [-0.05, 0) is 44.0 Å².